The lowest BCUT2D eigenvalue weighted by atomic mass is 9.82. The zero-order chi connectivity index (χ0) is 24.1. The van der Waals surface area contributed by atoms with Crippen LogP contribution < -0.4 is 5.32 Å². The van der Waals surface area contributed by atoms with E-state index < -0.39 is 23.0 Å². The maximum atomic E-state index is 13.1. The monoisotopic (exact) mass is 491 g/mol. The molecule has 1 atom stereocenters. The Kier molecular flexibility index (Phi) is 8.19. The quantitative estimate of drug-likeness (QED) is 0.463. The molecule has 0 saturated carbocycles. The number of amides is 1. The summed E-state index contributed by atoms with van der Waals surface area (Å²) in [7, 11) is 0. The van der Waals surface area contributed by atoms with Crippen LogP contribution in [0, 0.1) is 0 Å². The number of aliphatic carboxylic acids is 1. The van der Waals surface area contributed by atoms with Crippen molar-refractivity contribution in [3.8, 4) is 0 Å². The summed E-state index contributed by atoms with van der Waals surface area (Å²) in [6.45, 7) is 7.37. The number of carbonyl (C=O) groups excluding carboxylic acids is 1. The second-order valence-electron chi connectivity index (χ2n) is 7.87. The average Bonchev–Trinajstić information content (AvgIpc) is 2.79. The van der Waals surface area contributed by atoms with Crippen LogP contribution in [-0.2, 0) is 25.4 Å². The number of ether oxygens (including phenoxy) is 2. The van der Waals surface area contributed by atoms with Crippen molar-refractivity contribution in [1.29, 1.82) is 0 Å². The lowest BCUT2D eigenvalue weighted by Gasteiger charge is -2.38. The van der Waals surface area contributed by atoms with Gasteiger partial charge in [0.15, 0.2) is 5.54 Å². The van der Waals surface area contributed by atoms with Gasteiger partial charge in [-0.05, 0) is 30.2 Å². The van der Waals surface area contributed by atoms with E-state index >= 15 is 0 Å². The fraction of sp³-hybridized carbons (Fsp3) is 0.360. The Morgan fingerprint density at radius 3 is 2.30 bits per heavy atom. The number of benzene rings is 2. The van der Waals surface area contributed by atoms with Crippen LogP contribution in [0.4, 0.5) is 0 Å². The van der Waals surface area contributed by atoms with Crippen molar-refractivity contribution in [2.24, 2.45) is 0 Å². The van der Waals surface area contributed by atoms with Crippen molar-refractivity contribution in [2.45, 2.75) is 37.3 Å². The Balaban J connectivity index is 2.01. The topological polar surface area (TPSA) is 84.9 Å². The van der Waals surface area contributed by atoms with Gasteiger partial charge in [0, 0.05) is 39.1 Å². The van der Waals surface area contributed by atoms with Gasteiger partial charge in [0.1, 0.15) is 0 Å². The lowest BCUT2D eigenvalue weighted by Crippen LogP contribution is -2.51. The Morgan fingerprint density at radius 1 is 1.18 bits per heavy atom. The molecule has 2 N–H and O–H groups in total. The summed E-state index contributed by atoms with van der Waals surface area (Å²) in [4.78, 5) is 25.6. The molecule has 0 spiro atoms. The maximum Gasteiger partial charge on any atom is 0.334 e. The molecule has 0 radical (unpaired) electrons. The SMILES string of the molecule is C=CC[C@@](NC(=O)c1c(Cl)cccc1Cl)(C(=O)O)c1ccc(C2(OCC)CCOCC2)cc1. The highest BCUT2D eigenvalue weighted by atomic mass is 35.5. The van der Waals surface area contributed by atoms with Crippen molar-refractivity contribution in [2.75, 3.05) is 19.8 Å². The number of carbonyl (C=O) groups is 2. The molecular weight excluding hydrogens is 465 g/mol. The number of halogens is 2. The molecule has 1 fully saturated rings. The standard InChI is InChI=1S/C25H27Cl2NO5/c1-3-12-25(23(30)31,28-22(29)21-19(26)6-5-7-20(21)27)18-10-8-17(9-11-18)24(33-4-2)13-15-32-16-14-24/h3,5-11H,1,4,12-16H2,2H3,(H,28,29)(H,30,31)/t25-/m0/s1. The molecule has 6 nitrogen and oxygen atoms in total. The molecule has 1 saturated heterocycles. The molecule has 8 heteroatoms. The van der Waals surface area contributed by atoms with E-state index in [4.69, 9.17) is 32.7 Å². The van der Waals surface area contributed by atoms with Crippen molar-refractivity contribution in [3.63, 3.8) is 0 Å². The minimum absolute atomic E-state index is 0.0182. The Labute approximate surface area is 203 Å². The van der Waals surface area contributed by atoms with Gasteiger partial charge >= 0.3 is 5.97 Å². The summed E-state index contributed by atoms with van der Waals surface area (Å²) in [5.41, 5.74) is -0.883. The predicted molar refractivity (Wildman–Crippen MR) is 128 cm³/mol. The highest BCUT2D eigenvalue weighted by Crippen LogP contribution is 2.38. The molecule has 0 bridgehead atoms. The Hall–Kier alpha value is -2.38. The van der Waals surface area contributed by atoms with E-state index in [0.29, 0.717) is 38.2 Å². The number of carboxylic acid groups (broad SMARTS) is 1. The molecule has 0 aliphatic carbocycles. The first-order valence-electron chi connectivity index (χ1n) is 10.7. The van der Waals surface area contributed by atoms with E-state index in [-0.39, 0.29) is 22.0 Å². The van der Waals surface area contributed by atoms with Gasteiger partial charge in [0.2, 0.25) is 0 Å². The fourth-order valence-electron chi connectivity index (χ4n) is 4.25. The molecule has 1 aliphatic heterocycles. The molecule has 0 aromatic heterocycles. The maximum absolute atomic E-state index is 13.1. The lowest BCUT2D eigenvalue weighted by molar-refractivity contribution is -0.144. The molecule has 2 aromatic rings. The van der Waals surface area contributed by atoms with Crippen molar-refractivity contribution in [1.82, 2.24) is 5.32 Å². The third-order valence-corrected chi connectivity index (χ3v) is 6.59. The first kappa shape index (κ1) is 25.2. The van der Waals surface area contributed by atoms with E-state index in [9.17, 15) is 14.7 Å². The second kappa shape index (κ2) is 10.7. The number of hydrogen-bond acceptors (Lipinski definition) is 4. The van der Waals surface area contributed by atoms with Crippen LogP contribution >= 0.6 is 23.2 Å². The van der Waals surface area contributed by atoms with Crippen LogP contribution in [0.1, 0.15) is 47.7 Å². The molecule has 1 heterocycles. The van der Waals surface area contributed by atoms with E-state index in [2.05, 4.69) is 11.9 Å². The van der Waals surface area contributed by atoms with Gasteiger partial charge in [-0.3, -0.25) is 4.79 Å². The molecule has 33 heavy (non-hydrogen) atoms. The van der Waals surface area contributed by atoms with Crippen molar-refractivity contribution >= 4 is 35.1 Å². The summed E-state index contributed by atoms with van der Waals surface area (Å²) in [5.74, 6) is -1.91. The van der Waals surface area contributed by atoms with Crippen molar-refractivity contribution in [3.05, 3.63) is 81.9 Å². The van der Waals surface area contributed by atoms with E-state index in [1.54, 1.807) is 18.2 Å². The minimum Gasteiger partial charge on any atom is -0.479 e. The Morgan fingerprint density at radius 2 is 1.79 bits per heavy atom. The highest BCUT2D eigenvalue weighted by Gasteiger charge is 2.42. The summed E-state index contributed by atoms with van der Waals surface area (Å²) >= 11 is 12.3. The van der Waals surface area contributed by atoms with Gasteiger partial charge in [0.25, 0.3) is 5.91 Å². The van der Waals surface area contributed by atoms with Crippen LogP contribution in [0.15, 0.2) is 55.1 Å². The average molecular weight is 492 g/mol. The van der Waals surface area contributed by atoms with Crippen molar-refractivity contribution < 1.29 is 24.2 Å². The molecule has 2 aromatic carbocycles. The number of rotatable bonds is 9. The summed E-state index contributed by atoms with van der Waals surface area (Å²) in [6, 6.07) is 11.8. The summed E-state index contributed by atoms with van der Waals surface area (Å²) < 4.78 is 11.6. The second-order valence-corrected chi connectivity index (χ2v) is 8.69. The molecule has 1 amide bonds. The van der Waals surface area contributed by atoms with Crippen LogP contribution in [0.25, 0.3) is 0 Å². The van der Waals surface area contributed by atoms with Gasteiger partial charge in [-0.2, -0.15) is 0 Å². The molecule has 3 rings (SSSR count). The molecular formula is C25H27Cl2NO5. The van der Waals surface area contributed by atoms with E-state index in [1.807, 2.05) is 19.1 Å². The van der Waals surface area contributed by atoms with E-state index in [1.165, 1.54) is 18.2 Å². The zero-order valence-electron chi connectivity index (χ0n) is 18.4. The normalized spacial score (nSPS) is 17.1. The van der Waals surface area contributed by atoms with Gasteiger partial charge in [-0.1, -0.05) is 59.6 Å². The third-order valence-electron chi connectivity index (χ3n) is 5.96. The number of nitrogens with one attached hydrogen (secondary N) is 1. The summed E-state index contributed by atoms with van der Waals surface area (Å²) in [5, 5.41) is 13.1. The first-order chi connectivity index (χ1) is 15.8. The van der Waals surface area contributed by atoms with Crippen LogP contribution in [0.5, 0.6) is 0 Å². The number of hydrogen-bond donors (Lipinski definition) is 2. The molecule has 0 unspecified atom stereocenters. The zero-order valence-corrected chi connectivity index (χ0v) is 19.9. The van der Waals surface area contributed by atoms with Gasteiger partial charge in [-0.15, -0.1) is 6.58 Å². The predicted octanol–water partition coefficient (Wildman–Crippen LogP) is 5.32. The highest BCUT2D eigenvalue weighted by molar-refractivity contribution is 6.39. The van der Waals surface area contributed by atoms with E-state index in [0.717, 1.165) is 5.56 Å². The van der Waals surface area contributed by atoms with Gasteiger partial charge in [0.05, 0.1) is 21.2 Å². The minimum atomic E-state index is -1.76. The van der Waals surface area contributed by atoms with Gasteiger partial charge in [-0.25, -0.2) is 4.79 Å². The van der Waals surface area contributed by atoms with Crippen LogP contribution in [0.3, 0.4) is 0 Å². The van der Waals surface area contributed by atoms with Gasteiger partial charge < -0.3 is 19.9 Å². The summed E-state index contributed by atoms with van der Waals surface area (Å²) in [6.07, 6.45) is 2.83. The third kappa shape index (κ3) is 5.09. The number of carboxylic acids is 1. The first-order valence-corrected chi connectivity index (χ1v) is 11.5. The fourth-order valence-corrected chi connectivity index (χ4v) is 4.81. The van der Waals surface area contributed by atoms with Crippen LogP contribution in [-0.4, -0.2) is 36.8 Å². The molecule has 176 valence electrons. The Bertz CT molecular complexity index is 992. The smallest absolute Gasteiger partial charge is 0.334 e. The van der Waals surface area contributed by atoms with Crippen LogP contribution in [0.2, 0.25) is 10.0 Å². The largest absolute Gasteiger partial charge is 0.479 e. The molecule has 1 aliphatic rings.